The first-order chi connectivity index (χ1) is 22.9. The van der Waals surface area contributed by atoms with Gasteiger partial charge in [-0.05, 0) is 79.3 Å². The molecule has 0 spiro atoms. The summed E-state index contributed by atoms with van der Waals surface area (Å²) in [7, 11) is -6.45. The largest absolute Gasteiger partial charge is 0.133 e. The lowest BCUT2D eigenvalue weighted by atomic mass is 9.89. The van der Waals surface area contributed by atoms with Crippen LogP contribution in [-0.4, -0.2) is 22.3 Å². The highest BCUT2D eigenvalue weighted by Crippen LogP contribution is 2.80. The molecule has 0 amide bonds. The minimum atomic E-state index is -2.34. The zero-order chi connectivity index (χ0) is 36.2. The smallest absolute Gasteiger partial charge is 0.125 e. The van der Waals surface area contributed by atoms with Gasteiger partial charge < -0.3 is 0 Å². The fourth-order valence-corrected chi connectivity index (χ4v) is 112. The van der Waals surface area contributed by atoms with Gasteiger partial charge in [0.05, 0.1) is 7.26 Å². The first kappa shape index (κ1) is 38.2. The lowest BCUT2D eigenvalue weighted by Gasteiger charge is -2.38. The number of hydrogen-bond donors (Lipinski definition) is 0. The van der Waals surface area contributed by atoms with Gasteiger partial charge in [0.25, 0.3) is 0 Å². The van der Waals surface area contributed by atoms with Crippen LogP contribution in [0.2, 0.25) is 19.6 Å². The molecule has 1 heterocycles. The Balaban J connectivity index is 2.09. The Morgan fingerprint density at radius 2 is 0.735 bits per heavy atom. The van der Waals surface area contributed by atoms with Crippen molar-refractivity contribution in [1.29, 1.82) is 0 Å². The summed E-state index contributed by atoms with van der Waals surface area (Å²) < 4.78 is 0. The van der Waals surface area contributed by atoms with Crippen LogP contribution in [0.4, 0.5) is 0 Å². The molecule has 5 rings (SSSR count). The summed E-state index contributed by atoms with van der Waals surface area (Å²) in [5.74, 6) is 2.98. The van der Waals surface area contributed by atoms with Gasteiger partial charge in [0.1, 0.15) is 15.0 Å². The Bertz CT molecular complexity index is 1590. The SMILES string of the molecule is CC(C)c1cc(C(C)C)c([Si]2(c3c(C(C)C)cc(C(C)C)cc3C(C)C)P([Si](C)(c3ccccc3)c3ccccc3)[Si]2(C)C)c(C(C)C)c1. The molecule has 262 valence electrons. The quantitative estimate of drug-likeness (QED) is 0.107. The third-order valence-electron chi connectivity index (χ3n) is 11.8. The predicted molar refractivity (Wildman–Crippen MR) is 231 cm³/mol. The topological polar surface area (TPSA) is 0 Å². The van der Waals surface area contributed by atoms with Crippen LogP contribution in [-0.2, 0) is 0 Å². The van der Waals surface area contributed by atoms with Crippen LogP contribution in [0.25, 0.3) is 0 Å². The van der Waals surface area contributed by atoms with Crippen molar-refractivity contribution in [3.63, 3.8) is 0 Å². The molecule has 0 aliphatic carbocycles. The molecule has 1 aliphatic heterocycles. The average Bonchev–Trinajstić information content (AvgIpc) is 3.59. The van der Waals surface area contributed by atoms with E-state index >= 15 is 0 Å². The summed E-state index contributed by atoms with van der Waals surface area (Å²) in [6.07, 6.45) is 0. The zero-order valence-corrected chi connectivity index (χ0v) is 37.4. The van der Waals surface area contributed by atoms with Gasteiger partial charge in [0, 0.05) is 0 Å². The van der Waals surface area contributed by atoms with Crippen molar-refractivity contribution >= 4 is 49.6 Å². The second-order valence-corrected chi connectivity index (χ2v) is 51.6. The van der Waals surface area contributed by atoms with Gasteiger partial charge in [-0.15, -0.1) is 6.57 Å². The Labute approximate surface area is 304 Å². The summed E-state index contributed by atoms with van der Waals surface area (Å²) in [6.45, 7) is 37.8. The van der Waals surface area contributed by atoms with Crippen molar-refractivity contribution in [3.8, 4) is 0 Å². The molecule has 0 bridgehead atoms. The third-order valence-corrected chi connectivity index (χ3v) is 75.4. The molecule has 49 heavy (non-hydrogen) atoms. The van der Waals surface area contributed by atoms with E-state index in [1.54, 1.807) is 32.6 Å². The maximum Gasteiger partial charge on any atom is 0.133 e. The summed E-state index contributed by atoms with van der Waals surface area (Å²) in [5, 5.41) is 7.07. The normalized spacial score (nSPS) is 17.3. The van der Waals surface area contributed by atoms with E-state index in [4.69, 9.17) is 0 Å². The van der Waals surface area contributed by atoms with Crippen molar-refractivity contribution in [2.45, 2.75) is 138 Å². The van der Waals surface area contributed by atoms with Crippen LogP contribution < -0.4 is 20.7 Å². The van der Waals surface area contributed by atoms with Gasteiger partial charge >= 0.3 is 0 Å². The fraction of sp³-hybridized carbons (Fsp3) is 0.467. The predicted octanol–water partition coefficient (Wildman–Crippen LogP) is 11.7. The molecule has 0 N–H and O–H groups in total. The van der Waals surface area contributed by atoms with Crippen molar-refractivity contribution in [2.24, 2.45) is 0 Å². The second-order valence-electron chi connectivity index (χ2n) is 17.5. The van der Waals surface area contributed by atoms with Gasteiger partial charge in [-0.1, -0.05) is 198 Å². The van der Waals surface area contributed by atoms with E-state index in [0.717, 1.165) is 0 Å². The molecule has 4 heteroatoms. The van der Waals surface area contributed by atoms with Gasteiger partial charge in [-0.2, -0.15) is 0 Å². The van der Waals surface area contributed by atoms with E-state index in [1.807, 2.05) is 10.4 Å². The van der Waals surface area contributed by atoms with Crippen LogP contribution in [0.1, 0.15) is 152 Å². The first-order valence-electron chi connectivity index (χ1n) is 19.2. The fourth-order valence-electron chi connectivity index (χ4n) is 9.14. The molecule has 1 saturated heterocycles. The summed E-state index contributed by atoms with van der Waals surface area (Å²) >= 11 is 0. The summed E-state index contributed by atoms with van der Waals surface area (Å²) in [4.78, 5) is 0. The molecule has 0 saturated carbocycles. The van der Waals surface area contributed by atoms with E-state index < -0.39 is 22.3 Å². The van der Waals surface area contributed by atoms with Gasteiger partial charge in [0.2, 0.25) is 0 Å². The molecule has 1 fully saturated rings. The molecular formula is C45H65PSi3. The van der Waals surface area contributed by atoms with E-state index in [1.165, 1.54) is 11.1 Å². The van der Waals surface area contributed by atoms with Gasteiger partial charge in [-0.3, -0.25) is 0 Å². The van der Waals surface area contributed by atoms with E-state index in [2.05, 4.69) is 188 Å². The second kappa shape index (κ2) is 14.2. The van der Waals surface area contributed by atoms with E-state index in [-0.39, 0.29) is 6.57 Å². The maximum atomic E-state index is 2.89. The molecule has 4 aromatic carbocycles. The average molecular weight is 721 g/mol. The standard InChI is InChI=1S/C45H65PSi3/c1-30(2)36-26-40(32(5)6)44(41(27-36)33(7)8)49(45-42(34(9)10)28-37(31(3)4)29-43(45)35(11)12)46(47(49,13)14)48(15,38-22-18-16-19-23-38)39-24-20-17-21-25-39/h16-35H,1-15H3. The van der Waals surface area contributed by atoms with Crippen molar-refractivity contribution in [2.75, 3.05) is 0 Å². The monoisotopic (exact) mass is 720 g/mol. The lowest BCUT2D eigenvalue weighted by molar-refractivity contribution is 0.810. The molecule has 0 aromatic heterocycles. The van der Waals surface area contributed by atoms with Crippen molar-refractivity contribution < 1.29 is 0 Å². The van der Waals surface area contributed by atoms with Crippen LogP contribution >= 0.6 is 6.57 Å². The third kappa shape index (κ3) is 6.28. The highest BCUT2D eigenvalue weighted by Gasteiger charge is 2.82. The Kier molecular flexibility index (Phi) is 11.0. The summed E-state index contributed by atoms with van der Waals surface area (Å²) in [5.41, 5.74) is 9.78. The van der Waals surface area contributed by atoms with Crippen LogP contribution in [0.5, 0.6) is 0 Å². The first-order valence-corrected chi connectivity index (χ1v) is 31.6. The molecular weight excluding hydrogens is 656 g/mol. The minimum absolute atomic E-state index is 0.289. The number of rotatable bonds is 11. The van der Waals surface area contributed by atoms with Gasteiger partial charge in [-0.25, -0.2) is 0 Å². The number of hydrogen-bond acceptors (Lipinski definition) is 0. The van der Waals surface area contributed by atoms with Crippen molar-refractivity contribution in [3.05, 3.63) is 118 Å². The van der Waals surface area contributed by atoms with Gasteiger partial charge in [0.15, 0.2) is 0 Å². The Morgan fingerprint density at radius 1 is 0.449 bits per heavy atom. The molecule has 0 radical (unpaired) electrons. The Hall–Kier alpha value is -2.04. The lowest BCUT2D eigenvalue weighted by Crippen LogP contribution is -2.61. The molecule has 0 nitrogen and oxygen atoms in total. The molecule has 1 aliphatic rings. The number of benzene rings is 4. The zero-order valence-electron chi connectivity index (χ0n) is 33.5. The Morgan fingerprint density at radius 3 is 0.980 bits per heavy atom. The molecule has 1 unspecified atom stereocenters. The summed E-state index contributed by atoms with van der Waals surface area (Å²) in [6, 6.07) is 34.6. The van der Waals surface area contributed by atoms with Crippen LogP contribution in [0.3, 0.4) is 0 Å². The highest BCUT2D eigenvalue weighted by molar-refractivity contribution is 8.68. The van der Waals surface area contributed by atoms with E-state index in [9.17, 15) is 0 Å². The minimum Gasteiger partial charge on any atom is -0.125 e. The molecule has 4 aromatic rings. The maximum absolute atomic E-state index is 2.89. The van der Waals surface area contributed by atoms with Crippen LogP contribution in [0, 0.1) is 0 Å². The van der Waals surface area contributed by atoms with Crippen LogP contribution in [0.15, 0.2) is 84.9 Å². The highest BCUT2D eigenvalue weighted by atomic mass is 32.0. The van der Waals surface area contributed by atoms with E-state index in [0.29, 0.717) is 35.5 Å². The molecule has 1 atom stereocenters. The van der Waals surface area contributed by atoms with Crippen molar-refractivity contribution in [1.82, 2.24) is 0 Å².